The molecule has 0 spiro atoms. The molecule has 0 bridgehead atoms. The third kappa shape index (κ3) is 3.38. The molecule has 5 heteroatoms. The van der Waals surface area contributed by atoms with Crippen LogP contribution in [-0.4, -0.2) is 11.1 Å². The van der Waals surface area contributed by atoms with Crippen molar-refractivity contribution in [1.29, 1.82) is 0 Å². The predicted molar refractivity (Wildman–Crippen MR) is 83.6 cm³/mol. The summed E-state index contributed by atoms with van der Waals surface area (Å²) < 4.78 is 12.9. The Labute approximate surface area is 125 Å². The Hall–Kier alpha value is -2.40. The van der Waals surface area contributed by atoms with Crippen LogP contribution in [0.25, 0.3) is 6.08 Å². The number of rotatable bonds is 2. The number of halogens is 1. The van der Waals surface area contributed by atoms with Gasteiger partial charge in [0.15, 0.2) is 5.17 Å². The second kappa shape index (κ2) is 5.93. The van der Waals surface area contributed by atoms with Gasteiger partial charge in [-0.05, 0) is 47.7 Å². The average molecular weight is 298 g/mol. The van der Waals surface area contributed by atoms with Gasteiger partial charge in [-0.15, -0.1) is 0 Å². The Balaban J connectivity index is 1.82. The summed E-state index contributed by atoms with van der Waals surface area (Å²) >= 11 is 1.27. The Kier molecular flexibility index (Phi) is 3.83. The fourth-order valence-corrected chi connectivity index (χ4v) is 2.65. The highest BCUT2D eigenvalue weighted by atomic mass is 32.2. The number of amides is 1. The highest BCUT2D eigenvalue weighted by molar-refractivity contribution is 8.18. The summed E-state index contributed by atoms with van der Waals surface area (Å²) in [5.74, 6) is -0.494. The van der Waals surface area contributed by atoms with Crippen LogP contribution in [-0.2, 0) is 4.79 Å². The fourth-order valence-electron chi connectivity index (χ4n) is 1.81. The number of para-hydroxylation sites is 1. The smallest absolute Gasteiger partial charge is 0.264 e. The van der Waals surface area contributed by atoms with Crippen LogP contribution >= 0.6 is 11.8 Å². The van der Waals surface area contributed by atoms with Crippen molar-refractivity contribution < 1.29 is 9.18 Å². The SMILES string of the molecule is O=C1NC(=Nc2ccccc2)S/C1=C/c1ccc(F)cc1. The van der Waals surface area contributed by atoms with Crippen molar-refractivity contribution in [3.05, 3.63) is 70.9 Å². The lowest BCUT2D eigenvalue weighted by Gasteiger charge is -1.95. The average Bonchev–Trinajstić information content (AvgIpc) is 2.82. The number of carbonyl (C=O) groups excluding carboxylic acids is 1. The van der Waals surface area contributed by atoms with E-state index in [9.17, 15) is 9.18 Å². The maximum atomic E-state index is 12.9. The van der Waals surface area contributed by atoms with Gasteiger partial charge >= 0.3 is 0 Å². The number of hydrogen-bond acceptors (Lipinski definition) is 3. The second-order valence-electron chi connectivity index (χ2n) is 4.37. The molecule has 104 valence electrons. The summed E-state index contributed by atoms with van der Waals surface area (Å²) in [6.45, 7) is 0. The molecule has 2 aromatic rings. The van der Waals surface area contributed by atoms with Crippen LogP contribution in [0.5, 0.6) is 0 Å². The van der Waals surface area contributed by atoms with E-state index in [1.165, 1.54) is 23.9 Å². The highest BCUT2D eigenvalue weighted by Gasteiger charge is 2.23. The number of amidine groups is 1. The summed E-state index contributed by atoms with van der Waals surface area (Å²) in [7, 11) is 0. The fraction of sp³-hybridized carbons (Fsp3) is 0. The number of benzene rings is 2. The molecule has 0 atom stereocenters. The number of hydrogen-bond donors (Lipinski definition) is 1. The zero-order chi connectivity index (χ0) is 14.7. The summed E-state index contributed by atoms with van der Waals surface area (Å²) in [5.41, 5.74) is 1.55. The van der Waals surface area contributed by atoms with Crippen LogP contribution in [0.15, 0.2) is 64.5 Å². The molecule has 0 radical (unpaired) electrons. The summed E-state index contributed by atoms with van der Waals surface area (Å²) in [6, 6.07) is 15.4. The quantitative estimate of drug-likeness (QED) is 0.859. The van der Waals surface area contributed by atoms with Crippen LogP contribution in [0, 0.1) is 5.82 Å². The lowest BCUT2D eigenvalue weighted by Crippen LogP contribution is -2.19. The van der Waals surface area contributed by atoms with E-state index in [4.69, 9.17) is 0 Å². The number of thioether (sulfide) groups is 1. The first-order valence-electron chi connectivity index (χ1n) is 6.31. The van der Waals surface area contributed by atoms with E-state index in [1.54, 1.807) is 18.2 Å². The van der Waals surface area contributed by atoms with Gasteiger partial charge in [0.2, 0.25) is 0 Å². The molecular formula is C16H11FN2OS. The van der Waals surface area contributed by atoms with Crippen LogP contribution in [0.2, 0.25) is 0 Å². The third-order valence-electron chi connectivity index (χ3n) is 2.81. The van der Waals surface area contributed by atoms with E-state index in [1.807, 2.05) is 30.3 Å². The molecular weight excluding hydrogens is 287 g/mol. The van der Waals surface area contributed by atoms with Gasteiger partial charge < -0.3 is 5.32 Å². The Morgan fingerprint density at radius 2 is 1.76 bits per heavy atom. The lowest BCUT2D eigenvalue weighted by molar-refractivity contribution is -0.115. The van der Waals surface area contributed by atoms with Gasteiger partial charge in [-0.3, -0.25) is 4.79 Å². The number of nitrogens with zero attached hydrogens (tertiary/aromatic N) is 1. The van der Waals surface area contributed by atoms with E-state index in [2.05, 4.69) is 10.3 Å². The molecule has 3 nitrogen and oxygen atoms in total. The van der Waals surface area contributed by atoms with Crippen molar-refractivity contribution in [3.8, 4) is 0 Å². The van der Waals surface area contributed by atoms with Crippen molar-refractivity contribution in [1.82, 2.24) is 5.32 Å². The van der Waals surface area contributed by atoms with Crippen LogP contribution in [0.3, 0.4) is 0 Å². The standard InChI is InChI=1S/C16H11FN2OS/c17-12-8-6-11(7-9-12)10-14-15(20)19-16(21-14)18-13-4-2-1-3-5-13/h1-10H,(H,18,19,20)/b14-10+. The van der Waals surface area contributed by atoms with E-state index in [0.717, 1.165) is 11.3 Å². The minimum atomic E-state index is -0.299. The predicted octanol–water partition coefficient (Wildman–Crippen LogP) is 3.72. The van der Waals surface area contributed by atoms with E-state index >= 15 is 0 Å². The van der Waals surface area contributed by atoms with Crippen molar-refractivity contribution >= 4 is 34.6 Å². The van der Waals surface area contributed by atoms with Gasteiger partial charge in [-0.2, -0.15) is 0 Å². The maximum absolute atomic E-state index is 12.9. The number of carbonyl (C=O) groups is 1. The van der Waals surface area contributed by atoms with Crippen molar-refractivity contribution in [2.75, 3.05) is 0 Å². The first-order valence-corrected chi connectivity index (χ1v) is 7.12. The first kappa shape index (κ1) is 13.6. The molecule has 21 heavy (non-hydrogen) atoms. The summed E-state index contributed by atoms with van der Waals surface area (Å²) in [4.78, 5) is 16.8. The Morgan fingerprint density at radius 1 is 1.05 bits per heavy atom. The summed E-state index contributed by atoms with van der Waals surface area (Å²) in [5, 5.41) is 3.26. The third-order valence-corrected chi connectivity index (χ3v) is 3.72. The molecule has 0 unspecified atom stereocenters. The van der Waals surface area contributed by atoms with Crippen LogP contribution in [0.4, 0.5) is 10.1 Å². The second-order valence-corrected chi connectivity index (χ2v) is 5.40. The van der Waals surface area contributed by atoms with E-state index in [-0.39, 0.29) is 11.7 Å². The number of aliphatic imine (C=N–C) groups is 1. The normalized spacial score (nSPS) is 18.2. The minimum absolute atomic E-state index is 0.195. The zero-order valence-corrected chi connectivity index (χ0v) is 11.7. The maximum Gasteiger partial charge on any atom is 0.264 e. The molecule has 1 heterocycles. The minimum Gasteiger partial charge on any atom is -0.300 e. The molecule has 1 aliphatic heterocycles. The van der Waals surface area contributed by atoms with Crippen molar-refractivity contribution in [2.24, 2.45) is 4.99 Å². The molecule has 0 saturated carbocycles. The van der Waals surface area contributed by atoms with Crippen molar-refractivity contribution in [2.45, 2.75) is 0 Å². The first-order chi connectivity index (χ1) is 10.2. The molecule has 1 saturated heterocycles. The Morgan fingerprint density at radius 3 is 2.48 bits per heavy atom. The van der Waals surface area contributed by atoms with Gasteiger partial charge in [-0.25, -0.2) is 9.38 Å². The number of nitrogens with one attached hydrogen (secondary N) is 1. The molecule has 0 aliphatic carbocycles. The van der Waals surface area contributed by atoms with E-state index < -0.39 is 0 Å². The Bertz CT molecular complexity index is 724. The highest BCUT2D eigenvalue weighted by Crippen LogP contribution is 2.27. The van der Waals surface area contributed by atoms with Gasteiger partial charge in [0, 0.05) is 0 Å². The van der Waals surface area contributed by atoms with Crippen LogP contribution < -0.4 is 5.32 Å². The van der Waals surface area contributed by atoms with Crippen molar-refractivity contribution in [3.63, 3.8) is 0 Å². The molecule has 0 aromatic heterocycles. The topological polar surface area (TPSA) is 41.5 Å². The van der Waals surface area contributed by atoms with Gasteiger partial charge in [0.05, 0.1) is 10.6 Å². The van der Waals surface area contributed by atoms with Gasteiger partial charge in [0.25, 0.3) is 5.91 Å². The van der Waals surface area contributed by atoms with Crippen LogP contribution in [0.1, 0.15) is 5.56 Å². The molecule has 1 amide bonds. The lowest BCUT2D eigenvalue weighted by atomic mass is 10.2. The largest absolute Gasteiger partial charge is 0.300 e. The van der Waals surface area contributed by atoms with Gasteiger partial charge in [0.1, 0.15) is 5.82 Å². The molecule has 3 rings (SSSR count). The monoisotopic (exact) mass is 298 g/mol. The zero-order valence-electron chi connectivity index (χ0n) is 10.9. The molecule has 1 fully saturated rings. The van der Waals surface area contributed by atoms with Gasteiger partial charge in [-0.1, -0.05) is 30.3 Å². The summed E-state index contributed by atoms with van der Waals surface area (Å²) in [6.07, 6.45) is 1.72. The molecule has 2 aromatic carbocycles. The molecule has 1 N–H and O–H groups in total. The van der Waals surface area contributed by atoms with E-state index in [0.29, 0.717) is 10.1 Å². The molecule has 1 aliphatic rings.